The van der Waals surface area contributed by atoms with Crippen LogP contribution < -0.4 is 5.32 Å². The fraction of sp³-hybridized carbons (Fsp3) is 0.650. The fourth-order valence-electron chi connectivity index (χ4n) is 4.97. The number of aryl methyl sites for hydroxylation is 1. The number of hydrogen-bond acceptors (Lipinski definition) is 4. The Bertz CT molecular complexity index is 867. The van der Waals surface area contributed by atoms with E-state index in [4.69, 9.17) is 4.55 Å². The predicted octanol–water partition coefficient (Wildman–Crippen LogP) is 3.84. The van der Waals surface area contributed by atoms with E-state index >= 15 is 0 Å². The SMILES string of the molecule is CC12CCC(C(S(=O)(=O)O)C1=O)C2(C)C.CC1CCc2cc(F)ccc2N1. The monoisotopic (exact) mass is 397 g/mol. The molecule has 0 aromatic heterocycles. The van der Waals surface area contributed by atoms with E-state index in [2.05, 4.69) is 12.2 Å². The van der Waals surface area contributed by atoms with Gasteiger partial charge in [-0.15, -0.1) is 0 Å². The Morgan fingerprint density at radius 2 is 1.89 bits per heavy atom. The Labute approximate surface area is 160 Å². The quantitative estimate of drug-likeness (QED) is 0.704. The Morgan fingerprint density at radius 3 is 2.41 bits per heavy atom. The van der Waals surface area contributed by atoms with E-state index in [0.717, 1.165) is 30.5 Å². The highest BCUT2D eigenvalue weighted by molar-refractivity contribution is 7.87. The molecule has 2 aliphatic carbocycles. The van der Waals surface area contributed by atoms with Crippen molar-refractivity contribution in [3.8, 4) is 0 Å². The summed E-state index contributed by atoms with van der Waals surface area (Å²) in [5.74, 6) is -0.665. The van der Waals surface area contributed by atoms with Crippen LogP contribution in [0.2, 0.25) is 0 Å². The first-order valence-corrected chi connectivity index (χ1v) is 10.9. The van der Waals surface area contributed by atoms with E-state index in [1.54, 1.807) is 6.07 Å². The van der Waals surface area contributed by atoms with Crippen molar-refractivity contribution in [2.24, 2.45) is 16.7 Å². The van der Waals surface area contributed by atoms with Gasteiger partial charge in [0.05, 0.1) is 0 Å². The van der Waals surface area contributed by atoms with Crippen molar-refractivity contribution in [1.82, 2.24) is 0 Å². The van der Waals surface area contributed by atoms with E-state index in [1.165, 1.54) is 6.07 Å². The molecule has 1 aromatic rings. The van der Waals surface area contributed by atoms with E-state index in [0.29, 0.717) is 12.5 Å². The first kappa shape index (κ1) is 20.3. The molecule has 5 nitrogen and oxygen atoms in total. The van der Waals surface area contributed by atoms with Gasteiger partial charge in [-0.2, -0.15) is 8.42 Å². The minimum absolute atomic E-state index is 0.134. The minimum atomic E-state index is -4.24. The van der Waals surface area contributed by atoms with E-state index in [1.807, 2.05) is 26.8 Å². The van der Waals surface area contributed by atoms with Gasteiger partial charge in [0.1, 0.15) is 11.1 Å². The van der Waals surface area contributed by atoms with Gasteiger partial charge in [0.15, 0.2) is 5.78 Å². The number of carbonyl (C=O) groups is 1. The van der Waals surface area contributed by atoms with Crippen molar-refractivity contribution < 1.29 is 22.2 Å². The second kappa shape index (κ2) is 6.55. The average molecular weight is 398 g/mol. The standard InChI is InChI=1S/C10H12FN.C10H16O4S/c1-7-2-3-8-6-9(11)4-5-10(8)12-7;1-9(2)6-4-5-10(9,3)8(11)7(6)15(12,13)14/h4-7,12H,2-3H2,1H3;6-7H,4-5H2,1-3H3,(H,12,13,14). The predicted molar refractivity (Wildman–Crippen MR) is 103 cm³/mol. The summed E-state index contributed by atoms with van der Waals surface area (Å²) in [6.45, 7) is 7.81. The summed E-state index contributed by atoms with van der Waals surface area (Å²) < 4.78 is 44.3. The average Bonchev–Trinajstić information content (AvgIpc) is 2.87. The molecule has 0 amide bonds. The van der Waals surface area contributed by atoms with E-state index in [-0.39, 0.29) is 22.9 Å². The lowest BCUT2D eigenvalue weighted by atomic mass is 9.70. The minimum Gasteiger partial charge on any atom is -0.382 e. The van der Waals surface area contributed by atoms with Gasteiger partial charge in [-0.25, -0.2) is 4.39 Å². The van der Waals surface area contributed by atoms with E-state index in [9.17, 15) is 17.6 Å². The number of benzene rings is 1. The molecule has 150 valence electrons. The van der Waals surface area contributed by atoms with Crippen LogP contribution in [0.15, 0.2) is 18.2 Å². The zero-order valence-corrected chi connectivity index (χ0v) is 17.1. The van der Waals surface area contributed by atoms with Gasteiger partial charge >= 0.3 is 0 Å². The maximum atomic E-state index is 12.8. The van der Waals surface area contributed by atoms with Crippen molar-refractivity contribution >= 4 is 21.6 Å². The molecular weight excluding hydrogens is 369 g/mol. The van der Waals surface area contributed by atoms with Gasteiger partial charge < -0.3 is 5.32 Å². The second-order valence-electron chi connectivity index (χ2n) is 8.88. The molecule has 4 unspecified atom stereocenters. The lowest BCUT2D eigenvalue weighted by molar-refractivity contribution is -0.128. The number of nitrogens with one attached hydrogen (secondary N) is 1. The van der Waals surface area contributed by atoms with Crippen molar-refractivity contribution in [3.63, 3.8) is 0 Å². The Hall–Kier alpha value is -1.47. The third-order valence-electron chi connectivity index (χ3n) is 7.11. The smallest absolute Gasteiger partial charge is 0.275 e. The van der Waals surface area contributed by atoms with Crippen LogP contribution in [0.5, 0.6) is 0 Å². The highest BCUT2D eigenvalue weighted by atomic mass is 32.2. The molecule has 1 heterocycles. The number of hydrogen-bond donors (Lipinski definition) is 2. The zero-order chi connectivity index (χ0) is 20.2. The van der Waals surface area contributed by atoms with Crippen molar-refractivity contribution in [2.75, 3.05) is 5.32 Å². The number of Topliss-reactive ketones (excluding diaryl/α,β-unsaturated/α-hetero) is 1. The lowest BCUT2D eigenvalue weighted by Crippen LogP contribution is -2.38. The molecule has 7 heteroatoms. The van der Waals surface area contributed by atoms with Crippen LogP contribution in [0.3, 0.4) is 0 Å². The second-order valence-corrected chi connectivity index (χ2v) is 10.4. The maximum absolute atomic E-state index is 12.8. The number of ketones is 1. The molecule has 2 N–H and O–H groups in total. The normalized spacial score (nSPS) is 33.7. The molecule has 2 fully saturated rings. The van der Waals surface area contributed by atoms with Gasteiger partial charge in [0.2, 0.25) is 0 Å². The van der Waals surface area contributed by atoms with Crippen molar-refractivity contribution in [2.45, 2.75) is 64.7 Å². The number of fused-ring (bicyclic) bond motifs is 3. The Balaban J connectivity index is 0.000000159. The molecule has 1 aromatic carbocycles. The number of halogens is 1. The first-order chi connectivity index (χ1) is 12.4. The lowest BCUT2D eigenvalue weighted by Gasteiger charge is -2.32. The van der Waals surface area contributed by atoms with Crippen LogP contribution in [-0.2, 0) is 21.3 Å². The highest BCUT2D eigenvalue weighted by Gasteiger charge is 2.69. The summed E-state index contributed by atoms with van der Waals surface area (Å²) in [5, 5.41) is 2.13. The molecule has 0 saturated heterocycles. The summed E-state index contributed by atoms with van der Waals surface area (Å²) in [6, 6.07) is 5.46. The zero-order valence-electron chi connectivity index (χ0n) is 16.3. The van der Waals surface area contributed by atoms with Crippen LogP contribution in [0, 0.1) is 22.6 Å². The third-order valence-corrected chi connectivity index (χ3v) is 8.29. The van der Waals surface area contributed by atoms with Gasteiger partial charge in [-0.1, -0.05) is 20.8 Å². The topological polar surface area (TPSA) is 83.5 Å². The summed E-state index contributed by atoms with van der Waals surface area (Å²) in [5.41, 5.74) is 1.28. The number of carbonyl (C=O) groups excluding carboxylic acids is 1. The van der Waals surface area contributed by atoms with Gasteiger partial charge in [-0.3, -0.25) is 9.35 Å². The Morgan fingerprint density at radius 1 is 1.22 bits per heavy atom. The third kappa shape index (κ3) is 3.29. The molecular formula is C20H28FNO4S. The van der Waals surface area contributed by atoms with Crippen molar-refractivity contribution in [3.05, 3.63) is 29.6 Å². The molecule has 27 heavy (non-hydrogen) atoms. The molecule has 2 saturated carbocycles. The molecule has 0 radical (unpaired) electrons. The number of rotatable bonds is 1. The molecule has 1 aliphatic heterocycles. The van der Waals surface area contributed by atoms with Crippen LogP contribution in [0.1, 0.15) is 52.5 Å². The molecule has 0 spiro atoms. The maximum Gasteiger partial charge on any atom is 0.275 e. The highest BCUT2D eigenvalue weighted by Crippen LogP contribution is 2.64. The van der Waals surface area contributed by atoms with Gasteiger partial charge in [-0.05, 0) is 67.7 Å². The summed E-state index contributed by atoms with van der Waals surface area (Å²) >= 11 is 0. The molecule has 4 rings (SSSR count). The Kier molecular flexibility index (Phi) is 4.92. The largest absolute Gasteiger partial charge is 0.382 e. The van der Waals surface area contributed by atoms with Crippen LogP contribution in [-0.4, -0.2) is 30.0 Å². The van der Waals surface area contributed by atoms with Crippen LogP contribution in [0.4, 0.5) is 10.1 Å². The van der Waals surface area contributed by atoms with Crippen LogP contribution >= 0.6 is 0 Å². The van der Waals surface area contributed by atoms with E-state index < -0.39 is 20.8 Å². The van der Waals surface area contributed by atoms with Crippen molar-refractivity contribution in [1.29, 1.82) is 0 Å². The van der Waals surface area contributed by atoms with Gasteiger partial charge in [0, 0.05) is 17.1 Å². The first-order valence-electron chi connectivity index (χ1n) is 9.43. The molecule has 3 aliphatic rings. The summed E-state index contributed by atoms with van der Waals surface area (Å²) in [4.78, 5) is 12.0. The van der Waals surface area contributed by atoms with Crippen LogP contribution in [0.25, 0.3) is 0 Å². The molecule has 4 atom stereocenters. The summed E-state index contributed by atoms with van der Waals surface area (Å²) in [7, 11) is -4.24. The molecule has 2 bridgehead atoms. The summed E-state index contributed by atoms with van der Waals surface area (Å²) in [6.07, 6.45) is 3.52. The number of anilines is 1. The van der Waals surface area contributed by atoms with Gasteiger partial charge in [0.25, 0.3) is 10.1 Å². The fourth-order valence-corrected chi connectivity index (χ4v) is 6.39.